The predicted octanol–water partition coefficient (Wildman–Crippen LogP) is 1.19. The molecule has 12 heavy (non-hydrogen) atoms. The molecule has 0 heterocycles. The molecule has 66 valence electrons. The van der Waals surface area contributed by atoms with Gasteiger partial charge < -0.3 is 10.2 Å². The fraction of sp³-hybridized carbons (Fsp3) is 0.400. The zero-order chi connectivity index (χ0) is 9.19. The summed E-state index contributed by atoms with van der Waals surface area (Å²) in [7, 11) is 0. The van der Waals surface area contributed by atoms with Crippen LogP contribution >= 0.6 is 0 Å². The van der Waals surface area contributed by atoms with E-state index in [0.29, 0.717) is 0 Å². The van der Waals surface area contributed by atoms with Crippen molar-refractivity contribution in [2.24, 2.45) is 0 Å². The van der Waals surface area contributed by atoms with Crippen molar-refractivity contribution in [3.05, 3.63) is 35.4 Å². The molecule has 0 fully saturated rings. The van der Waals surface area contributed by atoms with Crippen molar-refractivity contribution < 1.29 is 10.2 Å². The molecule has 0 aromatic heterocycles. The maximum Gasteiger partial charge on any atom is 0.110 e. The number of aliphatic hydroxyl groups is 2. The fourth-order valence-electron chi connectivity index (χ4n) is 1.00. The van der Waals surface area contributed by atoms with E-state index in [4.69, 9.17) is 5.11 Å². The standard InChI is InChI=1S/C10H14O2/c1-8-3-5-9(6-4-8)10(2,12)7-11/h3-6,11-12H,7H2,1-2H3/t10-/m1/s1. The molecule has 2 nitrogen and oxygen atoms in total. The van der Waals surface area contributed by atoms with Crippen LogP contribution < -0.4 is 0 Å². The van der Waals surface area contributed by atoms with Crippen molar-refractivity contribution in [2.45, 2.75) is 19.4 Å². The van der Waals surface area contributed by atoms with Gasteiger partial charge in [-0.15, -0.1) is 0 Å². The molecule has 0 amide bonds. The molecular weight excluding hydrogens is 152 g/mol. The van der Waals surface area contributed by atoms with E-state index in [2.05, 4.69) is 0 Å². The van der Waals surface area contributed by atoms with Gasteiger partial charge in [-0.2, -0.15) is 0 Å². The van der Waals surface area contributed by atoms with Crippen LogP contribution in [0.5, 0.6) is 0 Å². The molecule has 0 bridgehead atoms. The Labute approximate surface area is 72.5 Å². The molecule has 0 spiro atoms. The lowest BCUT2D eigenvalue weighted by molar-refractivity contribution is -0.00228. The third-order valence-corrected chi connectivity index (χ3v) is 1.98. The van der Waals surface area contributed by atoms with E-state index >= 15 is 0 Å². The normalized spacial score (nSPS) is 15.7. The smallest absolute Gasteiger partial charge is 0.110 e. The Kier molecular flexibility index (Phi) is 2.50. The molecule has 2 heteroatoms. The third kappa shape index (κ3) is 1.84. The molecule has 0 aliphatic rings. The number of rotatable bonds is 2. The molecule has 0 saturated carbocycles. The molecule has 0 unspecified atom stereocenters. The van der Waals surface area contributed by atoms with Crippen LogP contribution in [0, 0.1) is 6.92 Å². The molecule has 0 radical (unpaired) electrons. The SMILES string of the molecule is Cc1ccc([C@](C)(O)CO)cc1. The Balaban J connectivity index is 2.96. The van der Waals surface area contributed by atoms with Crippen molar-refractivity contribution in [1.82, 2.24) is 0 Å². The average molecular weight is 166 g/mol. The summed E-state index contributed by atoms with van der Waals surface area (Å²) in [6, 6.07) is 7.48. The predicted molar refractivity (Wildman–Crippen MR) is 47.8 cm³/mol. The maximum absolute atomic E-state index is 9.64. The second kappa shape index (κ2) is 3.25. The van der Waals surface area contributed by atoms with Crippen LogP contribution in [0.1, 0.15) is 18.1 Å². The zero-order valence-corrected chi connectivity index (χ0v) is 7.41. The highest BCUT2D eigenvalue weighted by atomic mass is 16.3. The van der Waals surface area contributed by atoms with Crippen LogP contribution in [0.2, 0.25) is 0 Å². The molecule has 1 aromatic rings. The van der Waals surface area contributed by atoms with E-state index in [-0.39, 0.29) is 6.61 Å². The van der Waals surface area contributed by atoms with Crippen molar-refractivity contribution in [3.8, 4) is 0 Å². The van der Waals surface area contributed by atoms with E-state index in [1.807, 2.05) is 31.2 Å². The number of aliphatic hydroxyl groups excluding tert-OH is 1. The van der Waals surface area contributed by atoms with Crippen LogP contribution in [0.4, 0.5) is 0 Å². The van der Waals surface area contributed by atoms with Gasteiger partial charge in [0.15, 0.2) is 0 Å². The summed E-state index contributed by atoms with van der Waals surface area (Å²) in [5.41, 5.74) is 0.774. The Bertz CT molecular complexity index is 249. The molecule has 1 aromatic carbocycles. The quantitative estimate of drug-likeness (QED) is 0.693. The van der Waals surface area contributed by atoms with Crippen molar-refractivity contribution in [2.75, 3.05) is 6.61 Å². The number of hydrogen-bond donors (Lipinski definition) is 2. The molecule has 1 atom stereocenters. The lowest BCUT2D eigenvalue weighted by atomic mass is 9.96. The Morgan fingerprint density at radius 2 is 1.75 bits per heavy atom. The van der Waals surface area contributed by atoms with Crippen LogP contribution in [0.3, 0.4) is 0 Å². The van der Waals surface area contributed by atoms with Gasteiger partial charge >= 0.3 is 0 Å². The van der Waals surface area contributed by atoms with Gasteiger partial charge in [0.2, 0.25) is 0 Å². The lowest BCUT2D eigenvalue weighted by Gasteiger charge is -2.20. The van der Waals surface area contributed by atoms with Crippen LogP contribution in [0.25, 0.3) is 0 Å². The minimum Gasteiger partial charge on any atom is -0.393 e. The van der Waals surface area contributed by atoms with Crippen LogP contribution in [-0.2, 0) is 5.60 Å². The number of aryl methyl sites for hydroxylation is 1. The van der Waals surface area contributed by atoms with Gasteiger partial charge in [-0.3, -0.25) is 0 Å². The second-order valence-corrected chi connectivity index (χ2v) is 3.30. The van der Waals surface area contributed by atoms with E-state index in [9.17, 15) is 5.11 Å². The average Bonchev–Trinajstić information content (AvgIpc) is 2.05. The summed E-state index contributed by atoms with van der Waals surface area (Å²) in [4.78, 5) is 0. The number of hydrogen-bond acceptors (Lipinski definition) is 2. The van der Waals surface area contributed by atoms with E-state index in [0.717, 1.165) is 11.1 Å². The third-order valence-electron chi connectivity index (χ3n) is 1.98. The summed E-state index contributed by atoms with van der Waals surface area (Å²) in [5, 5.41) is 18.5. The van der Waals surface area contributed by atoms with Crippen molar-refractivity contribution >= 4 is 0 Å². The van der Waals surface area contributed by atoms with Gasteiger partial charge in [-0.25, -0.2) is 0 Å². The largest absolute Gasteiger partial charge is 0.393 e. The van der Waals surface area contributed by atoms with Gasteiger partial charge in [0.25, 0.3) is 0 Å². The van der Waals surface area contributed by atoms with Crippen LogP contribution in [-0.4, -0.2) is 16.8 Å². The molecular formula is C10H14O2. The topological polar surface area (TPSA) is 40.5 Å². The monoisotopic (exact) mass is 166 g/mol. The number of benzene rings is 1. The summed E-state index contributed by atoms with van der Waals surface area (Å²) >= 11 is 0. The summed E-state index contributed by atoms with van der Waals surface area (Å²) in [6.07, 6.45) is 0. The van der Waals surface area contributed by atoms with E-state index < -0.39 is 5.60 Å². The van der Waals surface area contributed by atoms with Crippen LogP contribution in [0.15, 0.2) is 24.3 Å². The first-order chi connectivity index (χ1) is 5.56. The molecule has 2 N–H and O–H groups in total. The molecule has 1 rings (SSSR count). The second-order valence-electron chi connectivity index (χ2n) is 3.30. The van der Waals surface area contributed by atoms with Gasteiger partial charge in [0.05, 0.1) is 6.61 Å². The Morgan fingerprint density at radius 1 is 1.25 bits per heavy atom. The van der Waals surface area contributed by atoms with Gasteiger partial charge in [-0.05, 0) is 19.4 Å². The van der Waals surface area contributed by atoms with Gasteiger partial charge in [0.1, 0.15) is 5.60 Å². The van der Waals surface area contributed by atoms with E-state index in [1.165, 1.54) is 0 Å². The first-order valence-corrected chi connectivity index (χ1v) is 3.96. The first-order valence-electron chi connectivity index (χ1n) is 3.96. The Hall–Kier alpha value is -0.860. The van der Waals surface area contributed by atoms with Gasteiger partial charge in [-0.1, -0.05) is 29.8 Å². The van der Waals surface area contributed by atoms with E-state index in [1.54, 1.807) is 6.92 Å². The summed E-state index contributed by atoms with van der Waals surface area (Å²) < 4.78 is 0. The van der Waals surface area contributed by atoms with Crippen molar-refractivity contribution in [3.63, 3.8) is 0 Å². The highest BCUT2D eigenvalue weighted by Crippen LogP contribution is 2.19. The minimum absolute atomic E-state index is 0.254. The summed E-state index contributed by atoms with van der Waals surface area (Å²) in [5.74, 6) is 0. The molecule has 0 aliphatic carbocycles. The first kappa shape index (κ1) is 9.23. The Morgan fingerprint density at radius 3 is 2.17 bits per heavy atom. The lowest BCUT2D eigenvalue weighted by Crippen LogP contribution is -2.25. The zero-order valence-electron chi connectivity index (χ0n) is 7.41. The molecule has 0 aliphatic heterocycles. The fourth-order valence-corrected chi connectivity index (χ4v) is 1.00. The van der Waals surface area contributed by atoms with Crippen molar-refractivity contribution in [1.29, 1.82) is 0 Å². The maximum atomic E-state index is 9.64. The highest BCUT2D eigenvalue weighted by Gasteiger charge is 2.20. The summed E-state index contributed by atoms with van der Waals surface area (Å²) in [6.45, 7) is 3.32. The van der Waals surface area contributed by atoms with Gasteiger partial charge in [0, 0.05) is 0 Å². The molecule has 0 saturated heterocycles. The minimum atomic E-state index is -1.12. The highest BCUT2D eigenvalue weighted by molar-refractivity contribution is 5.25.